The molecule has 88 valence electrons. The predicted molar refractivity (Wildman–Crippen MR) is 80.2 cm³/mol. The van der Waals surface area contributed by atoms with E-state index in [1.165, 1.54) is 0 Å². The van der Waals surface area contributed by atoms with E-state index in [9.17, 15) is 0 Å². The zero-order valence-electron chi connectivity index (χ0n) is 10.4. The molecule has 0 unspecified atom stereocenters. The number of rotatable bonds is 4. The predicted octanol–water partition coefficient (Wildman–Crippen LogP) is 4.79. The quantitative estimate of drug-likeness (QED) is 0.691. The lowest BCUT2D eigenvalue weighted by Crippen LogP contribution is -1.95. The molecule has 1 nitrogen and oxygen atoms in total. The zero-order valence-corrected chi connectivity index (χ0v) is 11.2. The third kappa shape index (κ3) is 2.98. The minimum atomic E-state index is 0.932. The Balaban J connectivity index is 3.43. The van der Waals surface area contributed by atoms with Gasteiger partial charge in [-0.1, -0.05) is 55.8 Å². The molecule has 1 aliphatic rings. The first-order chi connectivity index (χ1) is 8.17. The van der Waals surface area contributed by atoms with E-state index in [2.05, 4.69) is 24.7 Å². The fraction of sp³-hybridized carbons (Fsp3) is 0.133. The topological polar surface area (TPSA) is 12.4 Å². The third-order valence-electron chi connectivity index (χ3n) is 2.32. The van der Waals surface area contributed by atoms with Crippen molar-refractivity contribution in [3.05, 3.63) is 71.2 Å². The van der Waals surface area contributed by atoms with Crippen molar-refractivity contribution in [3.8, 4) is 0 Å². The number of nitrogens with zero attached hydrogens (tertiary/aromatic N) is 1. The first kappa shape index (κ1) is 13.5. The van der Waals surface area contributed by atoms with E-state index < -0.39 is 0 Å². The van der Waals surface area contributed by atoms with Crippen LogP contribution in [0.4, 0.5) is 0 Å². The van der Waals surface area contributed by atoms with Crippen LogP contribution in [0.5, 0.6) is 0 Å². The van der Waals surface area contributed by atoms with Gasteiger partial charge < -0.3 is 0 Å². The lowest BCUT2D eigenvalue weighted by atomic mass is 10.1. The van der Waals surface area contributed by atoms with Crippen LogP contribution < -0.4 is 0 Å². The molecule has 17 heavy (non-hydrogen) atoms. The van der Waals surface area contributed by atoms with Crippen LogP contribution in [0.15, 0.2) is 76.2 Å². The van der Waals surface area contributed by atoms with Crippen LogP contribution in [-0.2, 0) is 0 Å². The highest BCUT2D eigenvalue weighted by Gasteiger charge is 2.13. The molecule has 0 aliphatic carbocycles. The average molecular weight is 243 g/mol. The van der Waals surface area contributed by atoms with Crippen molar-refractivity contribution in [2.75, 3.05) is 0 Å². The summed E-state index contributed by atoms with van der Waals surface area (Å²) in [5, 5.41) is 0. The van der Waals surface area contributed by atoms with Crippen LogP contribution in [0.3, 0.4) is 0 Å². The van der Waals surface area contributed by atoms with Crippen molar-refractivity contribution in [3.63, 3.8) is 0 Å². The molecule has 1 heterocycles. The minimum absolute atomic E-state index is 0.932. The second-order valence-corrected chi connectivity index (χ2v) is 4.52. The number of aliphatic imine (C=N–C) groups is 1. The van der Waals surface area contributed by atoms with Gasteiger partial charge in [0.2, 0.25) is 0 Å². The highest BCUT2D eigenvalue weighted by Crippen LogP contribution is 2.36. The fourth-order valence-electron chi connectivity index (χ4n) is 1.52. The Labute approximate surface area is 108 Å². The Morgan fingerprint density at radius 1 is 1.06 bits per heavy atom. The lowest BCUT2D eigenvalue weighted by molar-refractivity contribution is 1.37. The second-order valence-electron chi connectivity index (χ2n) is 3.44. The Hall–Kier alpha value is -1.54. The molecular weight excluding hydrogens is 226 g/mol. The SMILES string of the molecule is C=CC1=C(/C=C\C)N=C(C)C(C=C)=C(C=C)S1. The van der Waals surface area contributed by atoms with Crippen molar-refractivity contribution in [1.82, 2.24) is 0 Å². The van der Waals surface area contributed by atoms with Gasteiger partial charge >= 0.3 is 0 Å². The highest BCUT2D eigenvalue weighted by molar-refractivity contribution is 8.07. The maximum atomic E-state index is 4.61. The molecule has 0 radical (unpaired) electrons. The summed E-state index contributed by atoms with van der Waals surface area (Å²) in [6, 6.07) is 0. The molecule has 0 bridgehead atoms. The van der Waals surface area contributed by atoms with Crippen LogP contribution >= 0.6 is 11.8 Å². The summed E-state index contributed by atoms with van der Waals surface area (Å²) < 4.78 is 0. The first-order valence-electron chi connectivity index (χ1n) is 5.40. The van der Waals surface area contributed by atoms with Gasteiger partial charge in [0.05, 0.1) is 5.70 Å². The van der Waals surface area contributed by atoms with E-state index in [0.717, 1.165) is 26.8 Å². The van der Waals surface area contributed by atoms with E-state index >= 15 is 0 Å². The van der Waals surface area contributed by atoms with Gasteiger partial charge in [0.15, 0.2) is 0 Å². The van der Waals surface area contributed by atoms with Gasteiger partial charge in [-0.05, 0) is 19.9 Å². The van der Waals surface area contributed by atoms with Crippen LogP contribution in [0, 0.1) is 0 Å². The second kappa shape index (κ2) is 6.26. The minimum Gasteiger partial charge on any atom is -0.252 e. The van der Waals surface area contributed by atoms with Gasteiger partial charge in [-0.3, -0.25) is 4.99 Å². The zero-order chi connectivity index (χ0) is 12.8. The van der Waals surface area contributed by atoms with Crippen LogP contribution in [0.2, 0.25) is 0 Å². The summed E-state index contributed by atoms with van der Waals surface area (Å²) in [4.78, 5) is 6.71. The highest BCUT2D eigenvalue weighted by atomic mass is 32.2. The van der Waals surface area contributed by atoms with E-state index in [-0.39, 0.29) is 0 Å². The Bertz CT molecular complexity index is 473. The number of allylic oxidation sites excluding steroid dienone is 6. The number of thioether (sulfide) groups is 1. The summed E-state index contributed by atoms with van der Waals surface area (Å²) in [7, 11) is 0. The molecule has 0 aromatic heterocycles. The van der Waals surface area contributed by atoms with Crippen molar-refractivity contribution in [2.45, 2.75) is 13.8 Å². The summed E-state index contributed by atoms with van der Waals surface area (Å²) in [6.45, 7) is 15.5. The van der Waals surface area contributed by atoms with E-state index in [4.69, 9.17) is 0 Å². The van der Waals surface area contributed by atoms with Crippen molar-refractivity contribution in [2.24, 2.45) is 4.99 Å². The van der Waals surface area contributed by atoms with Crippen LogP contribution in [0.1, 0.15) is 13.8 Å². The molecule has 0 saturated carbocycles. The normalized spacial score (nSPS) is 16.9. The molecule has 0 saturated heterocycles. The standard InChI is InChI=1S/C15H17NS/c1-6-10-13-15(9-4)17-14(8-3)12(7-2)11(5)16-13/h6-10H,2-4H2,1,5H3/b10-6-. The van der Waals surface area contributed by atoms with Gasteiger partial charge in [-0.25, -0.2) is 0 Å². The molecule has 0 N–H and O–H groups in total. The molecule has 0 atom stereocenters. The largest absolute Gasteiger partial charge is 0.252 e. The molecule has 2 heteroatoms. The fourth-order valence-corrected chi connectivity index (χ4v) is 2.49. The van der Waals surface area contributed by atoms with Crippen LogP contribution in [-0.4, -0.2) is 5.71 Å². The Morgan fingerprint density at radius 2 is 1.71 bits per heavy atom. The summed E-state index contributed by atoms with van der Waals surface area (Å²) in [5.41, 5.74) is 2.91. The third-order valence-corrected chi connectivity index (χ3v) is 3.52. The first-order valence-corrected chi connectivity index (χ1v) is 6.21. The molecular formula is C15H17NS. The summed E-state index contributed by atoms with van der Waals surface area (Å²) in [6.07, 6.45) is 9.44. The molecule has 0 aromatic carbocycles. The average Bonchev–Trinajstić information content (AvgIpc) is 2.45. The molecule has 0 amide bonds. The van der Waals surface area contributed by atoms with Gasteiger partial charge in [0.1, 0.15) is 0 Å². The lowest BCUT2D eigenvalue weighted by Gasteiger charge is -2.04. The number of hydrogen-bond donors (Lipinski definition) is 0. The Kier molecular flexibility index (Phi) is 4.98. The van der Waals surface area contributed by atoms with Crippen molar-refractivity contribution in [1.29, 1.82) is 0 Å². The molecule has 1 rings (SSSR count). The van der Waals surface area contributed by atoms with Crippen molar-refractivity contribution >= 4 is 17.5 Å². The summed E-state index contributed by atoms with van der Waals surface area (Å²) >= 11 is 1.62. The molecule has 0 spiro atoms. The van der Waals surface area contributed by atoms with E-state index in [1.54, 1.807) is 11.8 Å². The molecule has 0 aromatic rings. The van der Waals surface area contributed by atoms with Gasteiger partial charge in [-0.2, -0.15) is 0 Å². The maximum absolute atomic E-state index is 4.61. The van der Waals surface area contributed by atoms with E-state index in [0.29, 0.717) is 0 Å². The number of hydrogen-bond acceptors (Lipinski definition) is 2. The van der Waals surface area contributed by atoms with Gasteiger partial charge in [0, 0.05) is 21.1 Å². The van der Waals surface area contributed by atoms with Gasteiger partial charge in [-0.15, -0.1) is 0 Å². The maximum Gasteiger partial charge on any atom is 0.0768 e. The van der Waals surface area contributed by atoms with Crippen LogP contribution in [0.25, 0.3) is 0 Å². The van der Waals surface area contributed by atoms with Crippen molar-refractivity contribution < 1.29 is 0 Å². The summed E-state index contributed by atoms with van der Waals surface area (Å²) in [5.74, 6) is 0. The Morgan fingerprint density at radius 3 is 2.18 bits per heavy atom. The van der Waals surface area contributed by atoms with Gasteiger partial charge in [0.25, 0.3) is 0 Å². The molecule has 1 aliphatic heterocycles. The molecule has 0 fully saturated rings. The smallest absolute Gasteiger partial charge is 0.0768 e. The van der Waals surface area contributed by atoms with E-state index in [1.807, 2.05) is 44.2 Å². The monoisotopic (exact) mass is 243 g/mol.